The molecule has 1 heterocycles. The highest BCUT2D eigenvalue weighted by molar-refractivity contribution is 9.10. The molecule has 0 atom stereocenters. The molecule has 0 amide bonds. The molecule has 1 aromatic heterocycles. The molecule has 0 bridgehead atoms. The van der Waals surface area contributed by atoms with Crippen LogP contribution in [0.1, 0.15) is 0 Å². The van der Waals surface area contributed by atoms with E-state index in [9.17, 15) is 4.79 Å². The fourth-order valence-corrected chi connectivity index (χ4v) is 2.56. The Hall–Kier alpha value is -0.590. The summed E-state index contributed by atoms with van der Waals surface area (Å²) in [6.07, 6.45) is 1.40. The van der Waals surface area contributed by atoms with Crippen molar-refractivity contribution < 1.29 is 0 Å². The number of H-pyrrole nitrogens is 1. The van der Waals surface area contributed by atoms with Crippen LogP contribution in [0.2, 0.25) is 0 Å². The summed E-state index contributed by atoms with van der Waals surface area (Å²) in [6, 6.07) is 7.82. The first kappa shape index (κ1) is 11.9. The largest absolute Gasteiger partial charge is 0.312 e. The summed E-state index contributed by atoms with van der Waals surface area (Å²) < 4.78 is 1.48. The highest BCUT2D eigenvalue weighted by atomic mass is 79.9. The van der Waals surface area contributed by atoms with Gasteiger partial charge in [-0.2, -0.15) is 0 Å². The second kappa shape index (κ2) is 5.16. The summed E-state index contributed by atoms with van der Waals surface area (Å²) in [5.41, 5.74) is -0.172. The molecule has 0 unspecified atom stereocenters. The van der Waals surface area contributed by atoms with Crippen molar-refractivity contribution in [2.24, 2.45) is 0 Å². The zero-order valence-electron chi connectivity index (χ0n) is 7.91. The molecule has 1 N–H and O–H groups in total. The SMILES string of the molecule is O=c1[nH]cnc(Sc2ccc(Br)cc2)c1Br. The van der Waals surface area contributed by atoms with E-state index in [1.165, 1.54) is 18.1 Å². The molecule has 0 radical (unpaired) electrons. The minimum Gasteiger partial charge on any atom is -0.312 e. The standard InChI is InChI=1S/C10H6Br2N2OS/c11-6-1-3-7(4-2-6)16-10-8(12)9(15)13-5-14-10/h1-5H,(H,13,14,15). The fourth-order valence-electron chi connectivity index (χ4n) is 1.05. The second-order valence-corrected chi connectivity index (χ2v) is 5.68. The lowest BCUT2D eigenvalue weighted by Gasteiger charge is -2.02. The van der Waals surface area contributed by atoms with E-state index in [1.807, 2.05) is 24.3 Å². The highest BCUT2D eigenvalue weighted by Crippen LogP contribution is 2.30. The fraction of sp³-hybridized carbons (Fsp3) is 0. The molecule has 0 aliphatic rings. The maximum absolute atomic E-state index is 11.3. The Balaban J connectivity index is 2.30. The zero-order chi connectivity index (χ0) is 11.5. The first-order valence-electron chi connectivity index (χ1n) is 4.33. The molecule has 0 aliphatic carbocycles. The van der Waals surface area contributed by atoms with Crippen LogP contribution in [0.25, 0.3) is 0 Å². The van der Waals surface area contributed by atoms with Gasteiger partial charge in [0.2, 0.25) is 0 Å². The van der Waals surface area contributed by atoms with Gasteiger partial charge in [0.05, 0.1) is 6.33 Å². The average molecular weight is 362 g/mol. The van der Waals surface area contributed by atoms with Crippen molar-refractivity contribution in [2.45, 2.75) is 9.92 Å². The van der Waals surface area contributed by atoms with Gasteiger partial charge in [-0.1, -0.05) is 27.7 Å². The van der Waals surface area contributed by atoms with Gasteiger partial charge in [0, 0.05) is 9.37 Å². The van der Waals surface area contributed by atoms with Crippen molar-refractivity contribution in [3.8, 4) is 0 Å². The predicted octanol–water partition coefficient (Wildman–Crippen LogP) is 3.45. The number of hydrogen-bond acceptors (Lipinski definition) is 3. The van der Waals surface area contributed by atoms with Gasteiger partial charge >= 0.3 is 0 Å². The molecule has 0 spiro atoms. The van der Waals surface area contributed by atoms with E-state index in [2.05, 4.69) is 41.8 Å². The number of aromatic amines is 1. The van der Waals surface area contributed by atoms with Crippen molar-refractivity contribution >= 4 is 43.6 Å². The van der Waals surface area contributed by atoms with Crippen LogP contribution >= 0.6 is 43.6 Å². The van der Waals surface area contributed by atoms with Crippen LogP contribution in [0.15, 0.2) is 54.3 Å². The Bertz CT molecular complexity index is 553. The first-order chi connectivity index (χ1) is 7.66. The van der Waals surface area contributed by atoms with E-state index in [1.54, 1.807) is 0 Å². The summed E-state index contributed by atoms with van der Waals surface area (Å²) in [5.74, 6) is 0. The van der Waals surface area contributed by atoms with Crippen LogP contribution in [0.3, 0.4) is 0 Å². The van der Waals surface area contributed by atoms with E-state index >= 15 is 0 Å². The van der Waals surface area contributed by atoms with Crippen LogP contribution in [0.4, 0.5) is 0 Å². The monoisotopic (exact) mass is 360 g/mol. The Morgan fingerprint density at radius 1 is 1.19 bits per heavy atom. The lowest BCUT2D eigenvalue weighted by molar-refractivity contribution is 0.990. The van der Waals surface area contributed by atoms with Crippen LogP contribution in [0, 0.1) is 0 Å². The molecule has 0 aliphatic heterocycles. The van der Waals surface area contributed by atoms with Gasteiger partial charge in [-0.3, -0.25) is 4.79 Å². The molecular formula is C10H6Br2N2OS. The summed E-state index contributed by atoms with van der Waals surface area (Å²) in [4.78, 5) is 19.0. The molecule has 2 aromatic rings. The summed E-state index contributed by atoms with van der Waals surface area (Å²) in [6.45, 7) is 0. The Kier molecular flexibility index (Phi) is 3.83. The maximum atomic E-state index is 11.3. The topological polar surface area (TPSA) is 45.8 Å². The number of halogens is 2. The van der Waals surface area contributed by atoms with Crippen molar-refractivity contribution in [2.75, 3.05) is 0 Å². The second-order valence-electron chi connectivity index (χ2n) is 2.91. The molecule has 0 fully saturated rings. The van der Waals surface area contributed by atoms with Gasteiger partial charge < -0.3 is 4.98 Å². The zero-order valence-corrected chi connectivity index (χ0v) is 11.9. The maximum Gasteiger partial charge on any atom is 0.266 e. The Morgan fingerprint density at radius 3 is 2.56 bits per heavy atom. The number of rotatable bonds is 2. The Labute approximate surface area is 113 Å². The van der Waals surface area contributed by atoms with Crippen molar-refractivity contribution in [1.29, 1.82) is 0 Å². The summed E-state index contributed by atoms with van der Waals surface area (Å²) >= 11 is 8.02. The van der Waals surface area contributed by atoms with Crippen LogP contribution in [-0.4, -0.2) is 9.97 Å². The minimum atomic E-state index is -0.172. The Morgan fingerprint density at radius 2 is 1.88 bits per heavy atom. The van der Waals surface area contributed by atoms with Gasteiger partial charge in [-0.15, -0.1) is 0 Å². The van der Waals surface area contributed by atoms with Gasteiger partial charge in [0.15, 0.2) is 0 Å². The van der Waals surface area contributed by atoms with Crippen molar-refractivity contribution in [3.05, 3.63) is 49.9 Å². The molecular weight excluding hydrogens is 356 g/mol. The van der Waals surface area contributed by atoms with E-state index < -0.39 is 0 Å². The van der Waals surface area contributed by atoms with Gasteiger partial charge in [0.25, 0.3) is 5.56 Å². The minimum absolute atomic E-state index is 0.172. The third-order valence-corrected chi connectivity index (χ3v) is 4.33. The van der Waals surface area contributed by atoms with E-state index in [0.29, 0.717) is 9.50 Å². The van der Waals surface area contributed by atoms with E-state index in [4.69, 9.17) is 0 Å². The predicted molar refractivity (Wildman–Crippen MR) is 70.8 cm³/mol. The first-order valence-corrected chi connectivity index (χ1v) is 6.73. The summed E-state index contributed by atoms with van der Waals surface area (Å²) in [7, 11) is 0. The van der Waals surface area contributed by atoms with Gasteiger partial charge in [-0.05, 0) is 40.2 Å². The summed E-state index contributed by atoms with van der Waals surface area (Å²) in [5, 5.41) is 0.658. The quantitative estimate of drug-likeness (QED) is 0.833. The van der Waals surface area contributed by atoms with Gasteiger partial charge in [-0.25, -0.2) is 4.98 Å². The average Bonchev–Trinajstić information content (AvgIpc) is 2.28. The lowest BCUT2D eigenvalue weighted by Crippen LogP contribution is -2.07. The molecule has 16 heavy (non-hydrogen) atoms. The molecule has 82 valence electrons. The smallest absolute Gasteiger partial charge is 0.266 e. The highest BCUT2D eigenvalue weighted by Gasteiger charge is 2.06. The van der Waals surface area contributed by atoms with Crippen LogP contribution in [0.5, 0.6) is 0 Å². The molecule has 3 nitrogen and oxygen atoms in total. The third kappa shape index (κ3) is 2.75. The molecule has 1 aromatic carbocycles. The number of hydrogen-bond donors (Lipinski definition) is 1. The van der Waals surface area contributed by atoms with Crippen molar-refractivity contribution in [3.63, 3.8) is 0 Å². The number of benzene rings is 1. The van der Waals surface area contributed by atoms with Crippen LogP contribution < -0.4 is 5.56 Å². The molecule has 0 saturated carbocycles. The molecule has 0 saturated heterocycles. The third-order valence-electron chi connectivity index (χ3n) is 1.79. The van der Waals surface area contributed by atoms with Gasteiger partial charge in [0.1, 0.15) is 9.50 Å². The normalized spacial score (nSPS) is 10.4. The van der Waals surface area contributed by atoms with E-state index in [-0.39, 0.29) is 5.56 Å². The number of aromatic nitrogens is 2. The van der Waals surface area contributed by atoms with Crippen molar-refractivity contribution in [1.82, 2.24) is 9.97 Å². The van der Waals surface area contributed by atoms with E-state index in [0.717, 1.165) is 9.37 Å². The number of nitrogens with zero attached hydrogens (tertiary/aromatic N) is 1. The van der Waals surface area contributed by atoms with Crippen LogP contribution in [-0.2, 0) is 0 Å². The lowest BCUT2D eigenvalue weighted by atomic mass is 10.4. The number of nitrogens with one attached hydrogen (secondary N) is 1. The molecule has 6 heteroatoms. The molecule has 2 rings (SSSR count).